The number of allylic oxidation sites excluding steroid dienone is 3. The molecule has 1 aromatic carbocycles. The summed E-state index contributed by atoms with van der Waals surface area (Å²) in [7, 11) is 0. The van der Waals surface area contributed by atoms with Crippen molar-refractivity contribution >= 4 is 17.4 Å². The van der Waals surface area contributed by atoms with Gasteiger partial charge in [-0.2, -0.15) is 0 Å². The number of dihydropyridines is 1. The summed E-state index contributed by atoms with van der Waals surface area (Å²) in [5.41, 5.74) is 1.67. The molecule has 8 nitrogen and oxygen atoms in total. The van der Waals surface area contributed by atoms with E-state index in [-0.39, 0.29) is 23.4 Å². The third kappa shape index (κ3) is 4.47. The number of nitro benzene ring substituents is 1. The Morgan fingerprint density at radius 3 is 2.71 bits per heavy atom. The molecule has 1 aromatic rings. The number of rotatable bonds is 6. The number of hydrogen-bond acceptors (Lipinski definition) is 7. The van der Waals surface area contributed by atoms with Gasteiger partial charge in [-0.15, -0.1) is 0 Å². The Morgan fingerprint density at radius 1 is 1.35 bits per heavy atom. The lowest BCUT2D eigenvalue weighted by Gasteiger charge is -2.39. The fourth-order valence-corrected chi connectivity index (χ4v) is 4.29. The second-order valence-corrected chi connectivity index (χ2v) is 8.92. The van der Waals surface area contributed by atoms with Crippen LogP contribution in [0.1, 0.15) is 64.9 Å². The molecule has 0 saturated carbocycles. The molecule has 0 radical (unpaired) electrons. The van der Waals surface area contributed by atoms with Crippen molar-refractivity contribution < 1.29 is 24.4 Å². The van der Waals surface area contributed by atoms with E-state index in [9.17, 15) is 24.8 Å². The molecule has 1 heterocycles. The first-order valence-electron chi connectivity index (χ1n) is 10.4. The predicted molar refractivity (Wildman–Crippen MR) is 114 cm³/mol. The van der Waals surface area contributed by atoms with E-state index in [1.807, 2.05) is 20.8 Å². The molecule has 166 valence electrons. The van der Waals surface area contributed by atoms with Gasteiger partial charge in [-0.3, -0.25) is 14.9 Å². The van der Waals surface area contributed by atoms with Crippen LogP contribution in [0.4, 0.5) is 5.69 Å². The van der Waals surface area contributed by atoms with Crippen LogP contribution in [0.3, 0.4) is 0 Å². The Bertz CT molecular complexity index is 1010. The number of nitrogens with zero attached hydrogens (tertiary/aromatic N) is 1. The van der Waals surface area contributed by atoms with Gasteiger partial charge in [-0.25, -0.2) is 4.79 Å². The van der Waals surface area contributed by atoms with Gasteiger partial charge in [0.25, 0.3) is 0 Å². The van der Waals surface area contributed by atoms with Crippen LogP contribution in [0.15, 0.2) is 40.7 Å². The molecule has 8 heteroatoms. The number of unbranched alkanes of at least 4 members (excludes halogenated alkanes) is 1. The number of aromatic hydroxyl groups is 1. The number of carbonyl (C=O) groups is 2. The second-order valence-electron chi connectivity index (χ2n) is 8.92. The van der Waals surface area contributed by atoms with Crippen LogP contribution in [0.25, 0.3) is 0 Å². The number of carbonyl (C=O) groups excluding carboxylic acids is 2. The summed E-state index contributed by atoms with van der Waals surface area (Å²) in [6.07, 6.45) is 2.49. The van der Waals surface area contributed by atoms with Crippen LogP contribution < -0.4 is 5.32 Å². The van der Waals surface area contributed by atoms with E-state index in [0.717, 1.165) is 12.1 Å². The van der Waals surface area contributed by atoms with Crippen molar-refractivity contribution in [2.45, 2.75) is 59.3 Å². The van der Waals surface area contributed by atoms with E-state index in [4.69, 9.17) is 4.74 Å². The van der Waals surface area contributed by atoms with E-state index < -0.39 is 28.2 Å². The molecule has 0 amide bonds. The van der Waals surface area contributed by atoms with Gasteiger partial charge in [-0.1, -0.05) is 33.3 Å². The summed E-state index contributed by atoms with van der Waals surface area (Å²) in [5, 5.41) is 24.5. The Morgan fingerprint density at radius 2 is 2.06 bits per heavy atom. The molecule has 0 fully saturated rings. The van der Waals surface area contributed by atoms with Crippen LogP contribution in [-0.4, -0.2) is 28.4 Å². The Balaban J connectivity index is 2.16. The molecule has 1 aliphatic carbocycles. The number of nitrogens with one attached hydrogen (secondary N) is 1. The minimum Gasteiger partial charge on any atom is -0.502 e. The van der Waals surface area contributed by atoms with Gasteiger partial charge in [0.1, 0.15) is 0 Å². The smallest absolute Gasteiger partial charge is 0.336 e. The molecule has 1 atom stereocenters. The van der Waals surface area contributed by atoms with Gasteiger partial charge in [-0.05, 0) is 36.8 Å². The van der Waals surface area contributed by atoms with Crippen molar-refractivity contribution in [1.82, 2.24) is 5.32 Å². The zero-order valence-corrected chi connectivity index (χ0v) is 18.3. The minimum atomic E-state index is -0.798. The third-order valence-corrected chi connectivity index (χ3v) is 5.72. The monoisotopic (exact) mass is 428 g/mol. The maximum Gasteiger partial charge on any atom is 0.336 e. The van der Waals surface area contributed by atoms with Gasteiger partial charge in [0.2, 0.25) is 0 Å². The lowest BCUT2D eigenvalue weighted by atomic mass is 9.68. The number of ketones is 1. The fraction of sp³-hybridized carbons (Fsp3) is 0.478. The first kappa shape index (κ1) is 22.5. The van der Waals surface area contributed by atoms with Crippen LogP contribution in [0.5, 0.6) is 5.75 Å². The number of Topliss-reactive ketones (excluding diaryl/α,β-unsaturated/α-hetero) is 1. The average molecular weight is 428 g/mol. The molecule has 0 unspecified atom stereocenters. The summed E-state index contributed by atoms with van der Waals surface area (Å²) in [5.74, 6) is -1.93. The lowest BCUT2D eigenvalue weighted by molar-refractivity contribution is -0.385. The highest BCUT2D eigenvalue weighted by Crippen LogP contribution is 2.47. The van der Waals surface area contributed by atoms with Gasteiger partial charge in [0.05, 0.1) is 17.1 Å². The average Bonchev–Trinajstić information content (AvgIpc) is 2.66. The minimum absolute atomic E-state index is 0.106. The molecule has 2 aliphatic rings. The number of ether oxygens (including phenoxy) is 1. The zero-order valence-electron chi connectivity index (χ0n) is 18.3. The van der Waals surface area contributed by atoms with Crippen molar-refractivity contribution in [2.24, 2.45) is 5.41 Å². The van der Waals surface area contributed by atoms with E-state index >= 15 is 0 Å². The highest BCUT2D eigenvalue weighted by atomic mass is 16.6. The summed E-state index contributed by atoms with van der Waals surface area (Å²) >= 11 is 0. The van der Waals surface area contributed by atoms with Crippen molar-refractivity contribution in [3.05, 3.63) is 56.4 Å². The van der Waals surface area contributed by atoms with E-state index in [1.54, 1.807) is 6.92 Å². The topological polar surface area (TPSA) is 119 Å². The van der Waals surface area contributed by atoms with E-state index in [2.05, 4.69) is 5.32 Å². The van der Waals surface area contributed by atoms with Crippen molar-refractivity contribution in [3.63, 3.8) is 0 Å². The summed E-state index contributed by atoms with van der Waals surface area (Å²) in [4.78, 5) is 36.9. The molecule has 3 rings (SSSR count). The summed E-state index contributed by atoms with van der Waals surface area (Å²) < 4.78 is 5.45. The summed E-state index contributed by atoms with van der Waals surface area (Å²) in [6, 6.07) is 3.97. The Hall–Kier alpha value is -3.16. The fourth-order valence-electron chi connectivity index (χ4n) is 4.29. The SMILES string of the molecule is CCCCOC(=O)C1=C(C)NC2=C(C(=O)CC(C)(C)C2)[C@H]1c1ccc(O)c([N+](=O)[O-])c1. The van der Waals surface area contributed by atoms with Gasteiger partial charge >= 0.3 is 11.7 Å². The zero-order chi connectivity index (χ0) is 22.9. The first-order valence-corrected chi connectivity index (χ1v) is 10.4. The number of benzene rings is 1. The molecular weight excluding hydrogens is 400 g/mol. The molecule has 0 saturated heterocycles. The van der Waals surface area contributed by atoms with Crippen LogP contribution >= 0.6 is 0 Å². The molecule has 2 N–H and O–H groups in total. The summed E-state index contributed by atoms with van der Waals surface area (Å²) in [6.45, 7) is 7.99. The van der Waals surface area contributed by atoms with Crippen molar-refractivity contribution in [1.29, 1.82) is 0 Å². The van der Waals surface area contributed by atoms with E-state index in [0.29, 0.717) is 36.1 Å². The first-order chi connectivity index (χ1) is 14.6. The normalized spacial score (nSPS) is 20.3. The Labute approximate surface area is 181 Å². The van der Waals surface area contributed by atoms with Crippen LogP contribution in [-0.2, 0) is 14.3 Å². The van der Waals surface area contributed by atoms with Crippen LogP contribution in [0, 0.1) is 15.5 Å². The standard InChI is InChI=1S/C23H28N2O6/c1-5-6-9-31-22(28)19-13(2)24-15-11-23(3,4)12-18(27)21(15)20(19)14-7-8-17(26)16(10-14)25(29)30/h7-8,10,20,24,26H,5-6,9,11-12H2,1-4H3/t20-/m0/s1. The number of phenols is 1. The third-order valence-electron chi connectivity index (χ3n) is 5.72. The number of hydrogen-bond donors (Lipinski definition) is 2. The predicted octanol–water partition coefficient (Wildman–Crippen LogP) is 4.25. The molecule has 31 heavy (non-hydrogen) atoms. The Kier molecular flexibility index (Phi) is 6.20. The molecule has 0 bridgehead atoms. The largest absolute Gasteiger partial charge is 0.502 e. The van der Waals surface area contributed by atoms with Crippen molar-refractivity contribution in [3.8, 4) is 5.75 Å². The van der Waals surface area contributed by atoms with Crippen LogP contribution in [0.2, 0.25) is 0 Å². The number of esters is 1. The van der Waals surface area contributed by atoms with Crippen molar-refractivity contribution in [2.75, 3.05) is 6.61 Å². The lowest BCUT2D eigenvalue weighted by Crippen LogP contribution is -2.38. The maximum atomic E-state index is 13.2. The van der Waals surface area contributed by atoms with E-state index in [1.165, 1.54) is 18.2 Å². The highest BCUT2D eigenvalue weighted by molar-refractivity contribution is 6.04. The maximum absolute atomic E-state index is 13.2. The molecule has 1 aliphatic heterocycles. The molecule has 0 spiro atoms. The number of phenolic OH excluding ortho intramolecular Hbond substituents is 1. The molecular formula is C23H28N2O6. The molecule has 0 aromatic heterocycles. The quantitative estimate of drug-likeness (QED) is 0.301. The highest BCUT2D eigenvalue weighted by Gasteiger charge is 2.43. The second kappa shape index (κ2) is 8.53. The number of nitro groups is 1. The van der Waals surface area contributed by atoms with Gasteiger partial charge < -0.3 is 15.2 Å². The van der Waals surface area contributed by atoms with Gasteiger partial charge in [0, 0.05) is 35.4 Å². The van der Waals surface area contributed by atoms with Gasteiger partial charge in [0.15, 0.2) is 11.5 Å².